The molecule has 0 atom stereocenters. The Hall–Kier alpha value is -2.47. The van der Waals surface area contributed by atoms with E-state index < -0.39 is 0 Å². The van der Waals surface area contributed by atoms with Gasteiger partial charge in [0, 0.05) is 48.2 Å². The highest BCUT2D eigenvalue weighted by atomic mass is 79.9. The minimum atomic E-state index is -0.310. The molecule has 2 aromatic carbocycles. The van der Waals surface area contributed by atoms with Crippen molar-refractivity contribution in [2.24, 2.45) is 5.92 Å². The maximum Gasteiger partial charge on any atom is 0.246 e. The van der Waals surface area contributed by atoms with Crippen LogP contribution in [0.3, 0.4) is 0 Å². The van der Waals surface area contributed by atoms with E-state index >= 15 is 0 Å². The standard InChI is InChI=1S/C24H26BrFN2O2/c1-2-27(17-20-16-21(25)9-10-22(20)26)24(30)19-12-14-28(15-13-19)23(29)11-8-18-6-4-3-5-7-18/h3-11,16,19H,2,12-15,17H2,1H3/b11-8+. The lowest BCUT2D eigenvalue weighted by Gasteiger charge is -2.33. The molecular formula is C24H26BrFN2O2. The number of carbonyl (C=O) groups is 2. The fraction of sp³-hybridized carbons (Fsp3) is 0.333. The number of nitrogens with zero attached hydrogens (tertiary/aromatic N) is 2. The molecule has 1 fully saturated rings. The summed E-state index contributed by atoms with van der Waals surface area (Å²) in [7, 11) is 0. The van der Waals surface area contributed by atoms with Crippen LogP contribution in [0.15, 0.2) is 59.1 Å². The number of amides is 2. The van der Waals surface area contributed by atoms with Gasteiger partial charge >= 0.3 is 0 Å². The summed E-state index contributed by atoms with van der Waals surface area (Å²) in [5.74, 6) is -0.450. The van der Waals surface area contributed by atoms with Crippen molar-refractivity contribution in [2.45, 2.75) is 26.3 Å². The van der Waals surface area contributed by atoms with Crippen LogP contribution in [0.5, 0.6) is 0 Å². The zero-order valence-corrected chi connectivity index (χ0v) is 18.6. The maximum absolute atomic E-state index is 14.1. The minimum absolute atomic E-state index is 0.0313. The Labute approximate surface area is 185 Å². The first kappa shape index (κ1) is 22.2. The molecular weight excluding hydrogens is 447 g/mol. The predicted molar refractivity (Wildman–Crippen MR) is 120 cm³/mol. The van der Waals surface area contributed by atoms with Crippen molar-refractivity contribution in [3.8, 4) is 0 Å². The molecule has 30 heavy (non-hydrogen) atoms. The molecule has 4 nitrogen and oxygen atoms in total. The molecule has 0 saturated carbocycles. The zero-order chi connectivity index (χ0) is 21.5. The van der Waals surface area contributed by atoms with Crippen LogP contribution in [0.25, 0.3) is 6.08 Å². The fourth-order valence-corrected chi connectivity index (χ4v) is 4.07. The Bertz CT molecular complexity index is 909. The number of rotatable bonds is 6. The Kier molecular flexibility index (Phi) is 7.80. The molecule has 0 aliphatic carbocycles. The molecule has 1 saturated heterocycles. The number of piperidine rings is 1. The van der Waals surface area contributed by atoms with Gasteiger partial charge in [0.15, 0.2) is 0 Å². The van der Waals surface area contributed by atoms with Crippen molar-refractivity contribution in [3.63, 3.8) is 0 Å². The first-order valence-electron chi connectivity index (χ1n) is 10.2. The zero-order valence-electron chi connectivity index (χ0n) is 17.1. The van der Waals surface area contributed by atoms with Crippen LogP contribution < -0.4 is 0 Å². The van der Waals surface area contributed by atoms with E-state index in [9.17, 15) is 14.0 Å². The molecule has 1 heterocycles. The summed E-state index contributed by atoms with van der Waals surface area (Å²) in [6.07, 6.45) is 4.65. The largest absolute Gasteiger partial charge is 0.339 e. The van der Waals surface area contributed by atoms with Gasteiger partial charge in [-0.3, -0.25) is 9.59 Å². The molecule has 0 spiro atoms. The monoisotopic (exact) mass is 472 g/mol. The van der Waals surface area contributed by atoms with E-state index in [1.165, 1.54) is 6.07 Å². The van der Waals surface area contributed by atoms with Gasteiger partial charge in [-0.2, -0.15) is 0 Å². The molecule has 6 heteroatoms. The van der Waals surface area contributed by atoms with E-state index in [1.54, 1.807) is 28.0 Å². The fourth-order valence-electron chi connectivity index (χ4n) is 3.66. The van der Waals surface area contributed by atoms with Gasteiger partial charge in [0.25, 0.3) is 0 Å². The van der Waals surface area contributed by atoms with Crippen LogP contribution in [-0.2, 0) is 16.1 Å². The van der Waals surface area contributed by atoms with Crippen molar-refractivity contribution in [1.82, 2.24) is 9.80 Å². The van der Waals surface area contributed by atoms with Gasteiger partial charge in [-0.1, -0.05) is 46.3 Å². The lowest BCUT2D eigenvalue weighted by molar-refractivity contribution is -0.139. The van der Waals surface area contributed by atoms with Crippen LogP contribution in [0, 0.1) is 11.7 Å². The topological polar surface area (TPSA) is 40.6 Å². The normalized spacial score (nSPS) is 14.8. The first-order valence-corrected chi connectivity index (χ1v) is 11.0. The molecule has 158 valence electrons. The first-order chi connectivity index (χ1) is 14.5. The summed E-state index contributed by atoms with van der Waals surface area (Å²) >= 11 is 3.36. The van der Waals surface area contributed by atoms with Gasteiger partial charge in [0.2, 0.25) is 11.8 Å². The molecule has 0 bridgehead atoms. The molecule has 0 unspecified atom stereocenters. The van der Waals surface area contributed by atoms with Crippen LogP contribution >= 0.6 is 15.9 Å². The second kappa shape index (κ2) is 10.5. The third-order valence-corrected chi connectivity index (χ3v) is 5.93. The average Bonchev–Trinajstić information content (AvgIpc) is 2.78. The Balaban J connectivity index is 1.55. The van der Waals surface area contributed by atoms with Crippen LogP contribution in [0.1, 0.15) is 30.9 Å². The lowest BCUT2D eigenvalue weighted by atomic mass is 9.95. The molecule has 1 aliphatic heterocycles. The highest BCUT2D eigenvalue weighted by Gasteiger charge is 2.29. The molecule has 1 aliphatic rings. The van der Waals surface area contributed by atoms with Crippen LogP contribution in [0.4, 0.5) is 4.39 Å². The van der Waals surface area contributed by atoms with E-state index in [-0.39, 0.29) is 30.1 Å². The summed E-state index contributed by atoms with van der Waals surface area (Å²) in [6.45, 7) is 3.78. The highest BCUT2D eigenvalue weighted by Crippen LogP contribution is 2.23. The van der Waals surface area contributed by atoms with Crippen molar-refractivity contribution in [2.75, 3.05) is 19.6 Å². The maximum atomic E-state index is 14.1. The van der Waals surface area contributed by atoms with Crippen LogP contribution in [-0.4, -0.2) is 41.2 Å². The summed E-state index contributed by atoms with van der Waals surface area (Å²) in [6, 6.07) is 14.5. The Morgan fingerprint density at radius 3 is 2.53 bits per heavy atom. The van der Waals surface area contributed by atoms with E-state index in [4.69, 9.17) is 0 Å². The highest BCUT2D eigenvalue weighted by molar-refractivity contribution is 9.10. The number of likely N-dealkylation sites (tertiary alicyclic amines) is 1. The minimum Gasteiger partial charge on any atom is -0.339 e. The number of hydrogen-bond donors (Lipinski definition) is 0. The summed E-state index contributed by atoms with van der Waals surface area (Å²) in [5.41, 5.74) is 1.48. The summed E-state index contributed by atoms with van der Waals surface area (Å²) in [4.78, 5) is 28.9. The molecule has 2 amide bonds. The Morgan fingerprint density at radius 2 is 1.87 bits per heavy atom. The van der Waals surface area contributed by atoms with Crippen LogP contribution in [0.2, 0.25) is 0 Å². The average molecular weight is 473 g/mol. The third kappa shape index (κ3) is 5.79. The number of halogens is 2. The summed E-state index contributed by atoms with van der Waals surface area (Å²) < 4.78 is 14.9. The van der Waals surface area contributed by atoms with Gasteiger partial charge in [0.1, 0.15) is 5.82 Å². The SMILES string of the molecule is CCN(Cc1cc(Br)ccc1F)C(=O)C1CCN(C(=O)/C=C/c2ccccc2)CC1. The van der Waals surface area contributed by atoms with E-state index in [0.717, 1.165) is 10.0 Å². The molecule has 0 N–H and O–H groups in total. The molecule has 0 radical (unpaired) electrons. The predicted octanol–water partition coefficient (Wildman–Crippen LogP) is 4.89. The smallest absolute Gasteiger partial charge is 0.246 e. The van der Waals surface area contributed by atoms with E-state index in [0.29, 0.717) is 38.0 Å². The Morgan fingerprint density at radius 1 is 1.17 bits per heavy atom. The number of carbonyl (C=O) groups excluding carboxylic acids is 2. The second-order valence-electron chi connectivity index (χ2n) is 7.43. The third-order valence-electron chi connectivity index (χ3n) is 5.44. The van der Waals surface area contributed by atoms with Gasteiger partial charge < -0.3 is 9.80 Å². The number of benzene rings is 2. The molecule has 2 aromatic rings. The van der Waals surface area contributed by atoms with E-state index in [2.05, 4.69) is 15.9 Å². The molecule has 3 rings (SSSR count). The quantitative estimate of drug-likeness (QED) is 0.561. The number of hydrogen-bond acceptors (Lipinski definition) is 2. The van der Waals surface area contributed by atoms with E-state index in [1.807, 2.05) is 43.3 Å². The van der Waals surface area contributed by atoms with Gasteiger partial charge in [-0.15, -0.1) is 0 Å². The second-order valence-corrected chi connectivity index (χ2v) is 8.35. The summed E-state index contributed by atoms with van der Waals surface area (Å²) in [5, 5.41) is 0. The van der Waals surface area contributed by atoms with Gasteiger partial charge in [-0.05, 0) is 49.6 Å². The van der Waals surface area contributed by atoms with Crippen molar-refractivity contribution < 1.29 is 14.0 Å². The van der Waals surface area contributed by atoms with Crippen molar-refractivity contribution in [3.05, 3.63) is 76.0 Å². The van der Waals surface area contributed by atoms with Gasteiger partial charge in [-0.25, -0.2) is 4.39 Å². The van der Waals surface area contributed by atoms with Gasteiger partial charge in [0.05, 0.1) is 0 Å². The molecule has 0 aromatic heterocycles. The van der Waals surface area contributed by atoms with Crippen molar-refractivity contribution in [1.29, 1.82) is 0 Å². The lowest BCUT2D eigenvalue weighted by Crippen LogP contribution is -2.43. The van der Waals surface area contributed by atoms with Crippen molar-refractivity contribution >= 4 is 33.8 Å².